The molecule has 0 radical (unpaired) electrons. The van der Waals surface area contributed by atoms with Crippen molar-refractivity contribution in [2.45, 2.75) is 12.8 Å². The number of nitrogens with one attached hydrogen (secondary N) is 2. The third-order valence-electron chi connectivity index (χ3n) is 4.11. The summed E-state index contributed by atoms with van der Waals surface area (Å²) >= 11 is 5.13. The van der Waals surface area contributed by atoms with Crippen LogP contribution in [-0.2, 0) is 0 Å². The Morgan fingerprint density at radius 1 is 1.21 bits per heavy atom. The van der Waals surface area contributed by atoms with Gasteiger partial charge >= 0.3 is 0 Å². The largest absolute Gasteiger partial charge is 0.357 e. The summed E-state index contributed by atoms with van der Waals surface area (Å²) in [5, 5.41) is 9.60. The minimum atomic E-state index is -0.212. The molecule has 0 aliphatic carbocycles. The fourth-order valence-electron chi connectivity index (χ4n) is 2.84. The molecule has 24 heavy (non-hydrogen) atoms. The second kappa shape index (κ2) is 6.04. The van der Waals surface area contributed by atoms with Crippen LogP contribution in [0.5, 0.6) is 0 Å². The lowest BCUT2D eigenvalue weighted by molar-refractivity contribution is 0.102. The lowest BCUT2D eigenvalue weighted by atomic mass is 10.2. The number of carbonyl (C=O) groups is 1. The third-order valence-corrected chi connectivity index (χ3v) is 4.40. The van der Waals surface area contributed by atoms with E-state index in [2.05, 4.69) is 25.4 Å². The van der Waals surface area contributed by atoms with Crippen LogP contribution in [-0.4, -0.2) is 38.6 Å². The number of fused-ring (bicyclic) bond motifs is 1. The summed E-state index contributed by atoms with van der Waals surface area (Å²) in [7, 11) is 0. The van der Waals surface area contributed by atoms with Crippen molar-refractivity contribution in [3.63, 3.8) is 0 Å². The zero-order valence-electron chi connectivity index (χ0n) is 12.9. The van der Waals surface area contributed by atoms with Crippen LogP contribution in [0.15, 0.2) is 36.7 Å². The Hall–Kier alpha value is -2.74. The van der Waals surface area contributed by atoms with Gasteiger partial charge in [-0.3, -0.25) is 14.3 Å². The average molecular weight is 340 g/mol. The van der Waals surface area contributed by atoms with Crippen LogP contribution in [0, 0.1) is 4.77 Å². The molecule has 7 nitrogen and oxygen atoms in total. The van der Waals surface area contributed by atoms with Crippen molar-refractivity contribution in [3.8, 4) is 0 Å². The summed E-state index contributed by atoms with van der Waals surface area (Å²) in [6.07, 6.45) is 5.77. The minimum Gasteiger partial charge on any atom is -0.357 e. The number of pyridine rings is 2. The first-order valence-electron chi connectivity index (χ1n) is 7.80. The Labute approximate surface area is 143 Å². The summed E-state index contributed by atoms with van der Waals surface area (Å²) in [4.78, 5) is 19.1. The number of hydrogen-bond acceptors (Lipinski definition) is 5. The maximum Gasteiger partial charge on any atom is 0.257 e. The first kappa shape index (κ1) is 14.8. The van der Waals surface area contributed by atoms with E-state index < -0.39 is 0 Å². The van der Waals surface area contributed by atoms with Gasteiger partial charge in [0.2, 0.25) is 0 Å². The van der Waals surface area contributed by atoms with Gasteiger partial charge < -0.3 is 10.2 Å². The van der Waals surface area contributed by atoms with Crippen LogP contribution >= 0.6 is 12.2 Å². The van der Waals surface area contributed by atoms with Gasteiger partial charge in [0, 0.05) is 19.3 Å². The summed E-state index contributed by atoms with van der Waals surface area (Å²) in [5.41, 5.74) is 1.84. The van der Waals surface area contributed by atoms with Gasteiger partial charge in [-0.15, -0.1) is 0 Å². The molecule has 1 aliphatic rings. The molecule has 3 aromatic rings. The molecule has 0 saturated carbocycles. The van der Waals surface area contributed by atoms with E-state index in [0.717, 1.165) is 18.9 Å². The van der Waals surface area contributed by atoms with Gasteiger partial charge in [-0.1, -0.05) is 0 Å². The van der Waals surface area contributed by atoms with E-state index in [9.17, 15) is 4.79 Å². The van der Waals surface area contributed by atoms with Gasteiger partial charge in [0.15, 0.2) is 10.4 Å². The van der Waals surface area contributed by atoms with E-state index in [0.29, 0.717) is 21.7 Å². The Balaban J connectivity index is 1.52. The van der Waals surface area contributed by atoms with Gasteiger partial charge in [0.25, 0.3) is 5.91 Å². The maximum atomic E-state index is 12.4. The van der Waals surface area contributed by atoms with Gasteiger partial charge in [0.1, 0.15) is 5.82 Å². The van der Waals surface area contributed by atoms with Crippen LogP contribution < -0.4 is 10.2 Å². The zero-order chi connectivity index (χ0) is 16.5. The summed E-state index contributed by atoms with van der Waals surface area (Å²) in [6, 6.07) is 7.28. The van der Waals surface area contributed by atoms with Crippen LogP contribution in [0.3, 0.4) is 0 Å². The number of rotatable bonds is 3. The molecule has 0 bridgehead atoms. The highest BCUT2D eigenvalue weighted by molar-refractivity contribution is 7.71. The molecule has 0 spiro atoms. The molecule has 0 unspecified atom stereocenters. The van der Waals surface area contributed by atoms with E-state index in [1.165, 1.54) is 12.8 Å². The molecule has 0 aromatic carbocycles. The molecule has 1 aliphatic heterocycles. The van der Waals surface area contributed by atoms with Crippen molar-refractivity contribution in [1.82, 2.24) is 19.6 Å². The maximum absolute atomic E-state index is 12.4. The molecular formula is C16H16N6OS. The summed E-state index contributed by atoms with van der Waals surface area (Å²) in [6.45, 7) is 2.09. The van der Waals surface area contributed by atoms with Crippen LogP contribution in [0.2, 0.25) is 0 Å². The predicted octanol–water partition coefficient (Wildman–Crippen LogP) is 2.64. The number of anilines is 2. The van der Waals surface area contributed by atoms with E-state index >= 15 is 0 Å². The SMILES string of the molecule is O=C(Nc1ccc(N2CCCC2)nc1)c1ccc2n[nH]c(=S)n2c1. The monoisotopic (exact) mass is 340 g/mol. The Morgan fingerprint density at radius 3 is 2.79 bits per heavy atom. The molecule has 4 rings (SSSR count). The molecule has 1 fully saturated rings. The summed E-state index contributed by atoms with van der Waals surface area (Å²) in [5.74, 6) is 0.743. The zero-order valence-corrected chi connectivity index (χ0v) is 13.7. The first-order valence-corrected chi connectivity index (χ1v) is 8.21. The number of H-pyrrole nitrogens is 1. The lowest BCUT2D eigenvalue weighted by Crippen LogP contribution is -2.19. The van der Waals surface area contributed by atoms with Gasteiger partial charge in [-0.25, -0.2) is 4.98 Å². The lowest BCUT2D eigenvalue weighted by Gasteiger charge is -2.16. The molecule has 0 atom stereocenters. The second-order valence-electron chi connectivity index (χ2n) is 5.73. The molecule has 1 saturated heterocycles. The van der Waals surface area contributed by atoms with Gasteiger partial charge in [-0.05, 0) is 49.3 Å². The van der Waals surface area contributed by atoms with Crippen LogP contribution in [0.4, 0.5) is 11.5 Å². The smallest absolute Gasteiger partial charge is 0.257 e. The van der Waals surface area contributed by atoms with Crippen LogP contribution in [0.25, 0.3) is 5.65 Å². The minimum absolute atomic E-state index is 0.212. The highest BCUT2D eigenvalue weighted by Crippen LogP contribution is 2.19. The Morgan fingerprint density at radius 2 is 2.04 bits per heavy atom. The predicted molar refractivity (Wildman–Crippen MR) is 94.0 cm³/mol. The molecule has 2 N–H and O–H groups in total. The number of carbonyl (C=O) groups excluding carboxylic acids is 1. The van der Waals surface area contributed by atoms with E-state index in [-0.39, 0.29) is 5.91 Å². The number of aromatic amines is 1. The molecule has 8 heteroatoms. The molecule has 3 aromatic heterocycles. The fourth-order valence-corrected chi connectivity index (χ4v) is 3.03. The third kappa shape index (κ3) is 2.76. The van der Waals surface area contributed by atoms with Crippen LogP contribution in [0.1, 0.15) is 23.2 Å². The Kier molecular flexibility index (Phi) is 3.73. The molecule has 1 amide bonds. The number of amides is 1. The van der Waals surface area contributed by atoms with Crippen molar-refractivity contribution < 1.29 is 4.79 Å². The highest BCUT2D eigenvalue weighted by Gasteiger charge is 2.14. The summed E-state index contributed by atoms with van der Waals surface area (Å²) < 4.78 is 2.12. The molecule has 4 heterocycles. The normalized spacial score (nSPS) is 14.2. The van der Waals surface area contributed by atoms with Crippen molar-refractivity contribution >= 4 is 35.3 Å². The number of hydrogen-bond donors (Lipinski definition) is 2. The molecule has 122 valence electrons. The quantitative estimate of drug-likeness (QED) is 0.717. The standard InChI is InChI=1S/C16H16N6OS/c23-15(11-3-5-14-19-20-16(24)22(14)10-11)18-12-4-6-13(17-9-12)21-7-1-2-8-21/h3-6,9-10H,1-2,7-8H2,(H,18,23)(H,20,24). The van der Waals surface area contributed by atoms with Crippen molar-refractivity contribution in [3.05, 3.63) is 47.0 Å². The van der Waals surface area contributed by atoms with E-state index in [1.807, 2.05) is 12.1 Å². The molecular weight excluding hydrogens is 324 g/mol. The fraction of sp³-hybridized carbons (Fsp3) is 0.250. The van der Waals surface area contributed by atoms with Crippen molar-refractivity contribution in [2.75, 3.05) is 23.3 Å². The van der Waals surface area contributed by atoms with Crippen molar-refractivity contribution in [1.29, 1.82) is 0 Å². The van der Waals surface area contributed by atoms with Gasteiger partial charge in [0.05, 0.1) is 17.4 Å². The average Bonchev–Trinajstić information content (AvgIpc) is 3.26. The second-order valence-corrected chi connectivity index (χ2v) is 6.11. The van der Waals surface area contributed by atoms with Gasteiger partial charge in [-0.2, -0.15) is 5.10 Å². The number of nitrogens with zero attached hydrogens (tertiary/aromatic N) is 4. The Bertz CT molecular complexity index is 939. The van der Waals surface area contributed by atoms with E-state index in [1.54, 1.807) is 28.9 Å². The van der Waals surface area contributed by atoms with Crippen molar-refractivity contribution in [2.24, 2.45) is 0 Å². The van der Waals surface area contributed by atoms with E-state index in [4.69, 9.17) is 12.2 Å². The number of aromatic nitrogens is 4. The first-order chi connectivity index (χ1) is 11.7. The topological polar surface area (TPSA) is 78.3 Å². The highest BCUT2D eigenvalue weighted by atomic mass is 32.1.